The van der Waals surface area contributed by atoms with E-state index in [1.807, 2.05) is 44.2 Å². The molecule has 0 saturated heterocycles. The monoisotopic (exact) mass is 370 g/mol. The molecule has 0 spiro atoms. The molecule has 0 bridgehead atoms. The van der Waals surface area contributed by atoms with E-state index < -0.39 is 0 Å². The fraction of sp³-hybridized carbons (Fsp3) is 0.316. The van der Waals surface area contributed by atoms with Crippen LogP contribution in [0, 0.1) is 13.8 Å². The number of Topliss-reactive ketones (excluding diaryl/α,β-unsaturated/α-hetero) is 1. The van der Waals surface area contributed by atoms with Crippen LogP contribution in [0.2, 0.25) is 0 Å². The van der Waals surface area contributed by atoms with Crippen molar-refractivity contribution in [1.29, 1.82) is 0 Å². The van der Waals surface area contributed by atoms with Gasteiger partial charge in [0.25, 0.3) is 5.56 Å². The summed E-state index contributed by atoms with van der Waals surface area (Å²) in [6, 6.07) is 9.60. The number of aromatic nitrogens is 2. The summed E-state index contributed by atoms with van der Waals surface area (Å²) in [5, 5.41) is 1.30. The number of fused-ring (bicyclic) bond motifs is 1. The summed E-state index contributed by atoms with van der Waals surface area (Å²) in [7, 11) is 0. The third-order valence-electron chi connectivity index (χ3n) is 4.36. The second kappa shape index (κ2) is 6.42. The van der Waals surface area contributed by atoms with E-state index in [9.17, 15) is 9.59 Å². The molecule has 2 heterocycles. The van der Waals surface area contributed by atoms with E-state index >= 15 is 0 Å². The first-order valence-corrected chi connectivity index (χ1v) is 10.1. The van der Waals surface area contributed by atoms with E-state index in [-0.39, 0.29) is 17.4 Å². The molecule has 4 nitrogen and oxygen atoms in total. The number of thioether (sulfide) groups is 1. The number of aryl methyl sites for hydroxylation is 2. The van der Waals surface area contributed by atoms with Crippen LogP contribution in [0.4, 0.5) is 0 Å². The molecule has 2 aromatic heterocycles. The van der Waals surface area contributed by atoms with Crippen molar-refractivity contribution in [2.75, 3.05) is 5.75 Å². The van der Waals surface area contributed by atoms with E-state index in [1.165, 1.54) is 11.8 Å². The minimum atomic E-state index is 0.00519. The highest BCUT2D eigenvalue weighted by atomic mass is 32.2. The second-order valence-electron chi connectivity index (χ2n) is 6.36. The summed E-state index contributed by atoms with van der Waals surface area (Å²) in [6.45, 7) is 3.99. The number of rotatable bonds is 5. The molecule has 0 radical (unpaired) electrons. The zero-order valence-corrected chi connectivity index (χ0v) is 15.7. The third kappa shape index (κ3) is 3.16. The van der Waals surface area contributed by atoms with Gasteiger partial charge < -0.3 is 0 Å². The highest BCUT2D eigenvalue weighted by Gasteiger charge is 2.29. The summed E-state index contributed by atoms with van der Waals surface area (Å²) in [6.07, 6.45) is 2.01. The Morgan fingerprint density at radius 1 is 1.32 bits per heavy atom. The molecule has 0 N–H and O–H groups in total. The van der Waals surface area contributed by atoms with Gasteiger partial charge in [-0.25, -0.2) is 4.98 Å². The smallest absolute Gasteiger partial charge is 0.262 e. The molecule has 25 heavy (non-hydrogen) atoms. The summed E-state index contributed by atoms with van der Waals surface area (Å²) in [4.78, 5) is 32.3. The highest BCUT2D eigenvalue weighted by Crippen LogP contribution is 2.37. The van der Waals surface area contributed by atoms with Crippen molar-refractivity contribution in [2.45, 2.75) is 37.9 Å². The lowest BCUT2D eigenvalue weighted by Gasteiger charge is -2.12. The van der Waals surface area contributed by atoms with E-state index in [0.717, 1.165) is 28.2 Å². The molecular weight excluding hydrogens is 352 g/mol. The van der Waals surface area contributed by atoms with Gasteiger partial charge in [0.05, 0.1) is 16.7 Å². The lowest BCUT2D eigenvalue weighted by atomic mass is 10.2. The lowest BCUT2D eigenvalue weighted by Crippen LogP contribution is -2.22. The average molecular weight is 370 g/mol. The zero-order chi connectivity index (χ0) is 17.6. The van der Waals surface area contributed by atoms with E-state index in [2.05, 4.69) is 4.98 Å². The van der Waals surface area contributed by atoms with Crippen LogP contribution in [0.25, 0.3) is 10.9 Å². The van der Waals surface area contributed by atoms with Crippen molar-refractivity contribution in [3.8, 4) is 0 Å². The van der Waals surface area contributed by atoms with Crippen LogP contribution in [0.15, 0.2) is 40.3 Å². The van der Waals surface area contributed by atoms with Gasteiger partial charge in [-0.15, -0.1) is 11.3 Å². The van der Waals surface area contributed by atoms with Crippen molar-refractivity contribution in [2.24, 2.45) is 0 Å². The van der Waals surface area contributed by atoms with Gasteiger partial charge in [-0.2, -0.15) is 0 Å². The molecule has 0 unspecified atom stereocenters. The molecule has 6 heteroatoms. The van der Waals surface area contributed by atoms with Crippen LogP contribution in [0.3, 0.4) is 0 Å². The first kappa shape index (κ1) is 16.5. The van der Waals surface area contributed by atoms with Crippen LogP contribution in [-0.2, 0) is 0 Å². The van der Waals surface area contributed by atoms with Crippen LogP contribution >= 0.6 is 23.1 Å². The van der Waals surface area contributed by atoms with Gasteiger partial charge in [-0.3, -0.25) is 14.2 Å². The van der Waals surface area contributed by atoms with Crippen molar-refractivity contribution in [3.05, 3.63) is 56.0 Å². The topological polar surface area (TPSA) is 52.0 Å². The number of thiophene rings is 1. The minimum Gasteiger partial charge on any atom is -0.293 e. The van der Waals surface area contributed by atoms with E-state index in [4.69, 9.17) is 0 Å². The number of ketones is 1. The lowest BCUT2D eigenvalue weighted by molar-refractivity contribution is 0.102. The Morgan fingerprint density at radius 3 is 2.76 bits per heavy atom. The number of hydrogen-bond donors (Lipinski definition) is 0. The Hall–Kier alpha value is -1.92. The van der Waals surface area contributed by atoms with Crippen molar-refractivity contribution >= 4 is 39.8 Å². The largest absolute Gasteiger partial charge is 0.293 e. The van der Waals surface area contributed by atoms with Gasteiger partial charge in [-0.05, 0) is 44.9 Å². The summed E-state index contributed by atoms with van der Waals surface area (Å²) >= 11 is 3.01. The Morgan fingerprint density at radius 2 is 2.08 bits per heavy atom. The Kier molecular flexibility index (Phi) is 4.25. The molecule has 0 amide bonds. The number of carbonyl (C=O) groups excluding carboxylic acids is 1. The first-order valence-electron chi connectivity index (χ1n) is 8.29. The van der Waals surface area contributed by atoms with Crippen LogP contribution in [0.1, 0.15) is 39.0 Å². The van der Waals surface area contributed by atoms with Gasteiger partial charge in [0, 0.05) is 21.4 Å². The minimum absolute atomic E-state index is 0.00519. The average Bonchev–Trinajstić information content (AvgIpc) is 3.36. The molecule has 1 aromatic carbocycles. The maximum atomic E-state index is 12.8. The molecule has 3 aromatic rings. The molecule has 128 valence electrons. The molecular formula is C19H18N2O2S2. The molecule has 0 aliphatic heterocycles. The van der Waals surface area contributed by atoms with Crippen molar-refractivity contribution in [3.63, 3.8) is 0 Å². The predicted molar refractivity (Wildman–Crippen MR) is 103 cm³/mol. The number of hydrogen-bond acceptors (Lipinski definition) is 5. The normalized spacial score (nSPS) is 14.2. The fourth-order valence-corrected chi connectivity index (χ4v) is 4.89. The molecule has 1 fully saturated rings. The second-order valence-corrected chi connectivity index (χ2v) is 8.76. The van der Waals surface area contributed by atoms with Crippen molar-refractivity contribution in [1.82, 2.24) is 9.55 Å². The highest BCUT2D eigenvalue weighted by molar-refractivity contribution is 7.99. The zero-order valence-electron chi connectivity index (χ0n) is 14.1. The Bertz CT molecular complexity index is 1030. The first-order chi connectivity index (χ1) is 12.0. The quantitative estimate of drug-likeness (QED) is 0.380. The SMILES string of the molecule is Cc1cc(C(=O)CSc2nc3ccccc3c(=O)n2C2CC2)c(C)s1. The van der Waals surface area contributed by atoms with Crippen LogP contribution in [0.5, 0.6) is 0 Å². The maximum absolute atomic E-state index is 12.8. The predicted octanol–water partition coefficient (Wildman–Crippen LogP) is 4.38. The molecule has 1 aliphatic carbocycles. The molecule has 0 atom stereocenters. The van der Waals surface area contributed by atoms with E-state index in [0.29, 0.717) is 21.8 Å². The van der Waals surface area contributed by atoms with E-state index in [1.54, 1.807) is 15.9 Å². The standard InChI is InChI=1S/C19H18N2O2S2/c1-11-9-15(12(2)25-11)17(22)10-24-19-20-16-6-4-3-5-14(16)18(23)21(19)13-7-8-13/h3-6,9,13H,7-8,10H2,1-2H3. The summed E-state index contributed by atoms with van der Waals surface area (Å²) in [5.41, 5.74) is 1.49. The van der Waals surface area contributed by atoms with Crippen molar-refractivity contribution < 1.29 is 4.79 Å². The summed E-state index contributed by atoms with van der Waals surface area (Å²) < 4.78 is 1.78. The fourth-order valence-electron chi connectivity index (χ4n) is 3.00. The van der Waals surface area contributed by atoms with Crippen LogP contribution < -0.4 is 5.56 Å². The molecule has 4 rings (SSSR count). The number of para-hydroxylation sites is 1. The number of nitrogens with zero attached hydrogens (tertiary/aromatic N) is 2. The number of benzene rings is 1. The van der Waals surface area contributed by atoms with Gasteiger partial charge in [0.2, 0.25) is 0 Å². The molecule has 1 saturated carbocycles. The van der Waals surface area contributed by atoms with Gasteiger partial charge in [-0.1, -0.05) is 23.9 Å². The summed E-state index contributed by atoms with van der Waals surface area (Å²) in [5.74, 6) is 0.394. The Balaban J connectivity index is 1.67. The molecule has 1 aliphatic rings. The van der Waals surface area contributed by atoms with Gasteiger partial charge in [0.1, 0.15) is 0 Å². The van der Waals surface area contributed by atoms with Crippen LogP contribution in [-0.4, -0.2) is 21.1 Å². The Labute approximate surface area is 153 Å². The third-order valence-corrected chi connectivity index (χ3v) is 6.28. The van der Waals surface area contributed by atoms with Gasteiger partial charge in [0.15, 0.2) is 10.9 Å². The van der Waals surface area contributed by atoms with Gasteiger partial charge >= 0.3 is 0 Å². The maximum Gasteiger partial charge on any atom is 0.262 e. The number of carbonyl (C=O) groups is 1.